The van der Waals surface area contributed by atoms with Gasteiger partial charge in [-0.15, -0.1) is 23.1 Å². The number of thioether (sulfide) groups is 1. The van der Waals surface area contributed by atoms with Crippen molar-refractivity contribution in [3.8, 4) is 0 Å². The van der Waals surface area contributed by atoms with Crippen molar-refractivity contribution >= 4 is 91.6 Å². The number of unbranched alkanes of at least 4 members (excludes halogenated alkanes) is 2. The van der Waals surface area contributed by atoms with Gasteiger partial charge in [-0.3, -0.25) is 33.8 Å². The van der Waals surface area contributed by atoms with E-state index in [-0.39, 0.29) is 12.3 Å². The molecule has 2 heterocycles. The van der Waals surface area contributed by atoms with Gasteiger partial charge in [0, 0.05) is 24.9 Å². The molecule has 8 N–H and O–H groups in total. The average Bonchev–Trinajstić information content (AvgIpc) is 3.84. The molecule has 0 spiro atoms. The van der Waals surface area contributed by atoms with Crippen molar-refractivity contribution < 1.29 is 48.2 Å². The van der Waals surface area contributed by atoms with Gasteiger partial charge >= 0.3 is 12.1 Å². The third-order valence-corrected chi connectivity index (χ3v) is 10.9. The number of carboxylic acids is 1. The Morgan fingerprint density at radius 1 is 0.869 bits per heavy atom. The summed E-state index contributed by atoms with van der Waals surface area (Å²) in [5.74, 6) is -4.07. The molecule has 1 aromatic carbocycles. The van der Waals surface area contributed by atoms with Crippen molar-refractivity contribution in [3.63, 3.8) is 0 Å². The maximum atomic E-state index is 13.6. The third kappa shape index (κ3) is 18.4. The minimum Gasteiger partial charge on any atom is -0.480 e. The van der Waals surface area contributed by atoms with Crippen LogP contribution in [0.2, 0.25) is 0 Å². The fourth-order valence-corrected chi connectivity index (χ4v) is 7.73. The number of carbonyl (C=O) groups is 8. The first-order valence-corrected chi connectivity index (χ1v) is 21.7. The lowest BCUT2D eigenvalue weighted by atomic mass is 10.1. The number of nitrogens with zero attached hydrogens (tertiary/aromatic N) is 3. The molecule has 0 saturated heterocycles. The largest absolute Gasteiger partial charge is 0.480 e. The number of hydrogen-bond donors (Lipinski definition) is 8. The summed E-state index contributed by atoms with van der Waals surface area (Å²) < 4.78 is 6.01. The van der Waals surface area contributed by atoms with Gasteiger partial charge in [-0.25, -0.2) is 14.6 Å². The van der Waals surface area contributed by atoms with Gasteiger partial charge in [0.2, 0.25) is 35.4 Å². The predicted molar refractivity (Wildman–Crippen MR) is 232 cm³/mol. The number of thiazole rings is 1. The van der Waals surface area contributed by atoms with E-state index >= 15 is 0 Å². The first-order chi connectivity index (χ1) is 28.7. The van der Waals surface area contributed by atoms with Crippen LogP contribution >= 0.6 is 23.1 Å². The summed E-state index contributed by atoms with van der Waals surface area (Å²) in [4.78, 5) is 111. The normalized spacial score (nSPS) is 15.1. The van der Waals surface area contributed by atoms with E-state index in [1.54, 1.807) is 39.0 Å². The number of alkyl carbamates (subject to hydrolysis) is 1. The number of fused-ring (bicyclic) bond motifs is 1. The molecule has 1 unspecified atom stereocenters. The second-order valence-electron chi connectivity index (χ2n) is 15.6. The summed E-state index contributed by atoms with van der Waals surface area (Å²) in [7, 11) is 3.85. The van der Waals surface area contributed by atoms with Crippen molar-refractivity contribution in [1.29, 1.82) is 0 Å². The molecule has 61 heavy (non-hydrogen) atoms. The highest BCUT2D eigenvalue weighted by molar-refractivity contribution is 8.15. The first-order valence-electron chi connectivity index (χ1n) is 19.9. The van der Waals surface area contributed by atoms with Gasteiger partial charge in [0.05, 0.1) is 23.3 Å². The molecule has 1 aliphatic heterocycles. The van der Waals surface area contributed by atoms with E-state index in [1.165, 1.54) is 36.9 Å². The van der Waals surface area contributed by atoms with Crippen molar-refractivity contribution in [2.45, 2.75) is 103 Å². The standard InChI is InChI=1S/C39H58N10O10S2/c1-22(43-31(52)20-41-30(51)19-42-33(54)26(13-9-11-17-49(6)7)48-38(58)59-39(3,4)5)32(53)45-27(12-8-10-16-40-23(2)50)34(55)44-24-14-15-25-29(18-24)61-36(46-25)35-47-28(21-60-35)37(56)57/h14-15,18,22,26-28H,8-13,16-17,19-21H2,1-7H3,(H,40,50)(H,41,51)(H,42,54)(H,43,52)(H,44,55)(H,45,53)(H,48,58)(H,56,57)/t22-,26+,27?,28-/m1/s1. The summed E-state index contributed by atoms with van der Waals surface area (Å²) >= 11 is 2.62. The number of carbonyl (C=O) groups excluding carboxylic acids is 7. The number of carboxylic acid groups (broad SMARTS) is 1. The molecule has 1 aliphatic rings. The highest BCUT2D eigenvalue weighted by Crippen LogP contribution is 2.31. The van der Waals surface area contributed by atoms with Gasteiger partial charge in [-0.1, -0.05) is 0 Å². The van der Waals surface area contributed by atoms with Gasteiger partial charge in [0.1, 0.15) is 33.8 Å². The number of anilines is 1. The van der Waals surface area contributed by atoms with Crippen LogP contribution in [0.5, 0.6) is 0 Å². The molecule has 22 heteroatoms. The van der Waals surface area contributed by atoms with Crippen LogP contribution in [-0.4, -0.2) is 143 Å². The highest BCUT2D eigenvalue weighted by atomic mass is 32.2. The summed E-state index contributed by atoms with van der Waals surface area (Å²) in [6.07, 6.45) is 2.13. The Kier molecular flexibility index (Phi) is 19.8. The number of benzene rings is 1. The zero-order valence-electron chi connectivity index (χ0n) is 35.6. The summed E-state index contributed by atoms with van der Waals surface area (Å²) in [5.41, 5.74) is 0.282. The Morgan fingerprint density at radius 3 is 2.18 bits per heavy atom. The molecule has 0 radical (unpaired) electrons. The molecule has 4 atom stereocenters. The summed E-state index contributed by atoms with van der Waals surface area (Å²) in [6.45, 7) is 8.06. The first kappa shape index (κ1) is 50.0. The van der Waals surface area contributed by atoms with Crippen molar-refractivity contribution in [2.75, 3.05) is 51.3 Å². The Hall–Kier alpha value is -5.35. The Balaban J connectivity index is 1.55. The number of amides is 7. The second kappa shape index (κ2) is 24.2. The smallest absolute Gasteiger partial charge is 0.408 e. The summed E-state index contributed by atoms with van der Waals surface area (Å²) in [6, 6.07) is 1.14. The monoisotopic (exact) mass is 890 g/mol. The van der Waals surface area contributed by atoms with Gasteiger partial charge in [0.15, 0.2) is 6.04 Å². The number of ether oxygens (including phenoxy) is 1. The maximum absolute atomic E-state index is 13.6. The van der Waals surface area contributed by atoms with Crippen LogP contribution in [0.1, 0.15) is 78.2 Å². The number of aliphatic imine (C=N–C) groups is 1. The molecule has 1 aromatic heterocycles. The maximum Gasteiger partial charge on any atom is 0.408 e. The van der Waals surface area contributed by atoms with E-state index in [9.17, 15) is 43.5 Å². The molecule has 2 aromatic rings. The number of aromatic nitrogens is 1. The van der Waals surface area contributed by atoms with E-state index in [2.05, 4.69) is 47.2 Å². The molecule has 3 rings (SSSR count). The Labute approximate surface area is 362 Å². The van der Waals surface area contributed by atoms with Crippen LogP contribution in [0.3, 0.4) is 0 Å². The van der Waals surface area contributed by atoms with E-state index in [1.807, 2.05) is 19.0 Å². The molecule has 20 nitrogen and oxygen atoms in total. The molecule has 0 aliphatic carbocycles. The molecule has 7 amide bonds. The molecular weight excluding hydrogens is 833 g/mol. The second-order valence-corrected chi connectivity index (χ2v) is 17.7. The average molecular weight is 891 g/mol. The van der Waals surface area contributed by atoms with Crippen molar-refractivity contribution in [3.05, 3.63) is 23.2 Å². The van der Waals surface area contributed by atoms with Crippen molar-refractivity contribution in [2.24, 2.45) is 4.99 Å². The van der Waals surface area contributed by atoms with Crippen LogP contribution < -0.4 is 37.2 Å². The fourth-order valence-electron chi connectivity index (χ4n) is 5.63. The molecule has 0 saturated carbocycles. The Morgan fingerprint density at radius 2 is 1.54 bits per heavy atom. The molecule has 336 valence electrons. The van der Waals surface area contributed by atoms with E-state index < -0.39 is 84.5 Å². The number of nitrogens with one attached hydrogen (secondary N) is 7. The fraction of sp³-hybridized carbons (Fsp3) is 0.590. The van der Waals surface area contributed by atoms with Gasteiger partial charge in [-0.05, 0) is 105 Å². The molecule has 0 bridgehead atoms. The van der Waals surface area contributed by atoms with E-state index in [0.29, 0.717) is 59.2 Å². The van der Waals surface area contributed by atoms with Crippen LogP contribution in [0.15, 0.2) is 23.2 Å². The van der Waals surface area contributed by atoms with E-state index in [0.717, 1.165) is 17.7 Å². The zero-order chi connectivity index (χ0) is 45.3. The number of hydrogen-bond acceptors (Lipinski definition) is 14. The summed E-state index contributed by atoms with van der Waals surface area (Å²) in [5, 5.41) is 28.5. The van der Waals surface area contributed by atoms with E-state index in [4.69, 9.17) is 4.74 Å². The lowest BCUT2D eigenvalue weighted by molar-refractivity contribution is -0.137. The van der Waals surface area contributed by atoms with Crippen LogP contribution in [-0.2, 0) is 38.3 Å². The highest BCUT2D eigenvalue weighted by Gasteiger charge is 2.28. The van der Waals surface area contributed by atoms with Crippen molar-refractivity contribution in [1.82, 2.24) is 41.8 Å². The quantitative estimate of drug-likeness (QED) is 0.0733. The number of aliphatic carboxylic acids is 1. The third-order valence-electron chi connectivity index (χ3n) is 8.70. The molecule has 0 fully saturated rings. The number of rotatable bonds is 23. The minimum absolute atomic E-state index is 0.196. The molecular formula is C39H58N10O10S2. The van der Waals surface area contributed by atoms with Gasteiger partial charge in [-0.2, -0.15) is 0 Å². The lowest BCUT2D eigenvalue weighted by Gasteiger charge is -2.23. The van der Waals surface area contributed by atoms with Crippen LogP contribution in [0, 0.1) is 0 Å². The Bertz CT molecular complexity index is 1930. The predicted octanol–water partition coefficient (Wildman–Crippen LogP) is 1.33. The van der Waals surface area contributed by atoms with Gasteiger partial charge < -0.3 is 52.0 Å². The van der Waals surface area contributed by atoms with Gasteiger partial charge in [0.25, 0.3) is 0 Å². The van der Waals surface area contributed by atoms with Crippen LogP contribution in [0.4, 0.5) is 10.5 Å². The van der Waals surface area contributed by atoms with Crippen LogP contribution in [0.25, 0.3) is 10.2 Å². The SMILES string of the molecule is CC(=O)NCCCCC(NC(=O)[C@@H](C)NC(=O)CNC(=O)CNC(=O)[C@H](CCCCN(C)C)NC(=O)OC(C)(C)C)C(=O)Nc1ccc2nc(C3=N[C@@H](C(=O)O)CS3)sc2c1. The minimum atomic E-state index is -1.12. The zero-order valence-corrected chi connectivity index (χ0v) is 37.2. The lowest BCUT2D eigenvalue weighted by Crippen LogP contribution is -2.53. The topological polar surface area (TPSA) is 279 Å².